The van der Waals surface area contributed by atoms with Crippen LogP contribution in [0.2, 0.25) is 10.0 Å². The molecule has 7 nitrogen and oxygen atoms in total. The fourth-order valence-corrected chi connectivity index (χ4v) is 3.56. The third-order valence-electron chi connectivity index (χ3n) is 4.49. The molecule has 1 amide bonds. The van der Waals surface area contributed by atoms with Gasteiger partial charge in [0.1, 0.15) is 12.7 Å². The normalized spacial score (nSPS) is 13.9. The van der Waals surface area contributed by atoms with Gasteiger partial charge < -0.3 is 25.0 Å². The fraction of sp³-hybridized carbons (Fsp3) is 0.364. The number of hydrogen-bond acceptors (Lipinski definition) is 6. The summed E-state index contributed by atoms with van der Waals surface area (Å²) in [5, 5.41) is 24.3. The first-order chi connectivity index (χ1) is 14.7. The van der Waals surface area contributed by atoms with Gasteiger partial charge in [-0.05, 0) is 48.2 Å². The average Bonchev–Trinajstić information content (AvgIpc) is 2.72. The van der Waals surface area contributed by atoms with Crippen LogP contribution in [0.3, 0.4) is 0 Å². The molecule has 3 atom stereocenters. The van der Waals surface area contributed by atoms with Crippen molar-refractivity contribution in [3.8, 4) is 11.1 Å². The number of aliphatic hydroxyl groups excluding tert-OH is 2. The second-order valence-electron chi connectivity index (χ2n) is 6.85. The Kier molecular flexibility index (Phi) is 9.74. The zero-order chi connectivity index (χ0) is 23.0. The average molecular weight is 470 g/mol. The van der Waals surface area contributed by atoms with Gasteiger partial charge >= 0.3 is 5.97 Å². The lowest BCUT2D eigenvalue weighted by Crippen LogP contribution is -2.53. The van der Waals surface area contributed by atoms with Crippen LogP contribution < -0.4 is 5.32 Å². The van der Waals surface area contributed by atoms with Crippen LogP contribution in [-0.4, -0.2) is 60.7 Å². The van der Waals surface area contributed by atoms with Crippen LogP contribution in [0.25, 0.3) is 11.1 Å². The summed E-state index contributed by atoms with van der Waals surface area (Å²) in [6, 6.07) is 11.6. The molecule has 31 heavy (non-hydrogen) atoms. The Hall–Kier alpha value is -2.16. The first kappa shape index (κ1) is 25.1. The van der Waals surface area contributed by atoms with Crippen molar-refractivity contribution in [2.45, 2.75) is 31.6 Å². The molecule has 0 aliphatic carbocycles. The molecule has 0 aromatic heterocycles. The van der Waals surface area contributed by atoms with Gasteiger partial charge in [-0.1, -0.05) is 47.5 Å². The van der Waals surface area contributed by atoms with Crippen molar-refractivity contribution in [3.05, 3.63) is 58.1 Å². The van der Waals surface area contributed by atoms with Crippen molar-refractivity contribution >= 4 is 35.1 Å². The van der Waals surface area contributed by atoms with Gasteiger partial charge in [0, 0.05) is 17.2 Å². The van der Waals surface area contributed by atoms with E-state index >= 15 is 0 Å². The Morgan fingerprint density at radius 1 is 1.03 bits per heavy atom. The molecule has 3 N–H and O–H groups in total. The zero-order valence-corrected chi connectivity index (χ0v) is 18.7. The largest absolute Gasteiger partial charge is 0.464 e. The highest BCUT2D eigenvalue weighted by molar-refractivity contribution is 6.35. The van der Waals surface area contributed by atoms with Gasteiger partial charge in [-0.15, -0.1) is 0 Å². The van der Waals surface area contributed by atoms with Crippen LogP contribution in [0, 0.1) is 0 Å². The Bertz CT molecular complexity index is 870. The Labute approximate surface area is 190 Å². The van der Waals surface area contributed by atoms with E-state index in [2.05, 4.69) is 5.32 Å². The lowest BCUT2D eigenvalue weighted by atomic mass is 9.96. The van der Waals surface area contributed by atoms with Crippen LogP contribution in [0.5, 0.6) is 0 Å². The van der Waals surface area contributed by atoms with E-state index in [1.165, 1.54) is 7.11 Å². The van der Waals surface area contributed by atoms with Gasteiger partial charge in [-0.2, -0.15) is 0 Å². The molecule has 0 bridgehead atoms. The number of ether oxygens (including phenoxy) is 2. The molecule has 0 fully saturated rings. The van der Waals surface area contributed by atoms with E-state index in [4.69, 9.17) is 32.7 Å². The Morgan fingerprint density at radius 3 is 2.19 bits per heavy atom. The van der Waals surface area contributed by atoms with Crippen molar-refractivity contribution in [3.63, 3.8) is 0 Å². The highest BCUT2D eigenvalue weighted by atomic mass is 35.5. The molecule has 0 saturated heterocycles. The maximum atomic E-state index is 12.0. The summed E-state index contributed by atoms with van der Waals surface area (Å²) in [5.41, 5.74) is 2.47. The molecule has 0 saturated carbocycles. The van der Waals surface area contributed by atoms with E-state index in [9.17, 15) is 19.8 Å². The number of benzene rings is 2. The van der Waals surface area contributed by atoms with Crippen LogP contribution in [0.4, 0.5) is 0 Å². The summed E-state index contributed by atoms with van der Waals surface area (Å²) in [4.78, 5) is 23.8. The number of nitrogens with one attached hydrogen (secondary N) is 1. The summed E-state index contributed by atoms with van der Waals surface area (Å²) >= 11 is 12.1. The number of carbonyl (C=O) groups excluding carboxylic acids is 2. The number of esters is 1. The van der Waals surface area contributed by atoms with E-state index in [1.807, 2.05) is 24.3 Å². The van der Waals surface area contributed by atoms with Gasteiger partial charge in [0.25, 0.3) is 0 Å². The first-order valence-corrected chi connectivity index (χ1v) is 10.4. The summed E-state index contributed by atoms with van der Waals surface area (Å²) in [6.07, 6.45) is -3.23. The lowest BCUT2D eigenvalue weighted by Gasteiger charge is -2.27. The molecule has 0 radical (unpaired) electrons. The standard InChI is InChI=1S/C22H25Cl2NO6/c1-3-31-22(29)21(28)20(27)18(25-19(26)12-30-2)8-13-4-6-14(7-5-13)15-9-16(23)11-17(24)10-15/h4-7,9-11,18,20-21,27-28H,3,8,12H2,1-2H3,(H,25,26)/t18-,20-,21+/m1/s1. The van der Waals surface area contributed by atoms with Crippen molar-refractivity contribution < 1.29 is 29.3 Å². The summed E-state index contributed by atoms with van der Waals surface area (Å²) in [7, 11) is 1.36. The van der Waals surface area contributed by atoms with Gasteiger partial charge in [-0.25, -0.2) is 4.79 Å². The molecule has 2 rings (SSSR count). The second-order valence-corrected chi connectivity index (χ2v) is 7.73. The molecular formula is C22H25Cl2NO6. The SMILES string of the molecule is CCOC(=O)[C@@H](O)[C@H](O)[C@@H](Cc1ccc(-c2cc(Cl)cc(Cl)c2)cc1)NC(=O)COC. The van der Waals surface area contributed by atoms with Gasteiger partial charge in [0.2, 0.25) is 5.91 Å². The minimum absolute atomic E-state index is 0.0539. The molecule has 2 aromatic rings. The van der Waals surface area contributed by atoms with Gasteiger partial charge in [-0.3, -0.25) is 4.79 Å². The predicted molar refractivity (Wildman–Crippen MR) is 118 cm³/mol. The number of hydrogen-bond donors (Lipinski definition) is 3. The molecule has 0 aliphatic rings. The van der Waals surface area contributed by atoms with Gasteiger partial charge in [0.15, 0.2) is 6.10 Å². The molecule has 0 unspecified atom stereocenters. The van der Waals surface area contributed by atoms with Crippen LogP contribution >= 0.6 is 23.2 Å². The Morgan fingerprint density at radius 2 is 1.65 bits per heavy atom. The molecular weight excluding hydrogens is 445 g/mol. The number of carbonyl (C=O) groups is 2. The molecule has 0 heterocycles. The molecule has 168 valence electrons. The highest BCUT2D eigenvalue weighted by Crippen LogP contribution is 2.27. The summed E-state index contributed by atoms with van der Waals surface area (Å²) < 4.78 is 9.55. The molecule has 0 spiro atoms. The van der Waals surface area contributed by atoms with E-state index < -0.39 is 30.1 Å². The minimum Gasteiger partial charge on any atom is -0.464 e. The summed E-state index contributed by atoms with van der Waals surface area (Å²) in [5.74, 6) is -1.46. The van der Waals surface area contributed by atoms with Crippen molar-refractivity contribution in [1.82, 2.24) is 5.32 Å². The van der Waals surface area contributed by atoms with E-state index in [1.54, 1.807) is 25.1 Å². The van der Waals surface area contributed by atoms with Gasteiger partial charge in [0.05, 0.1) is 12.6 Å². The van der Waals surface area contributed by atoms with Crippen molar-refractivity contribution in [1.29, 1.82) is 0 Å². The van der Waals surface area contributed by atoms with Crippen LogP contribution in [0.1, 0.15) is 12.5 Å². The Balaban J connectivity index is 2.20. The van der Waals surface area contributed by atoms with Crippen LogP contribution in [0.15, 0.2) is 42.5 Å². The summed E-state index contributed by atoms with van der Waals surface area (Å²) in [6.45, 7) is 1.41. The number of amides is 1. The smallest absolute Gasteiger partial charge is 0.337 e. The van der Waals surface area contributed by atoms with E-state index in [0.717, 1.165) is 16.7 Å². The minimum atomic E-state index is -1.80. The number of methoxy groups -OCH3 is 1. The van der Waals surface area contributed by atoms with E-state index in [0.29, 0.717) is 10.0 Å². The maximum Gasteiger partial charge on any atom is 0.337 e. The highest BCUT2D eigenvalue weighted by Gasteiger charge is 2.33. The van der Waals surface area contributed by atoms with Crippen LogP contribution in [-0.2, 0) is 25.5 Å². The molecule has 0 aliphatic heterocycles. The topological polar surface area (TPSA) is 105 Å². The van der Waals surface area contributed by atoms with Crippen molar-refractivity contribution in [2.75, 3.05) is 20.3 Å². The number of halogens is 2. The monoisotopic (exact) mass is 469 g/mol. The third kappa shape index (κ3) is 7.48. The van der Waals surface area contributed by atoms with E-state index in [-0.39, 0.29) is 19.6 Å². The quantitative estimate of drug-likeness (QED) is 0.462. The molecule has 2 aromatic carbocycles. The first-order valence-electron chi connectivity index (χ1n) is 9.61. The predicted octanol–water partition coefficient (Wildman–Crippen LogP) is 2.62. The number of rotatable bonds is 10. The number of aliphatic hydroxyl groups is 2. The lowest BCUT2D eigenvalue weighted by molar-refractivity contribution is -0.161. The zero-order valence-electron chi connectivity index (χ0n) is 17.2. The molecule has 9 heteroatoms. The fourth-order valence-electron chi connectivity index (χ4n) is 3.03. The second kappa shape index (κ2) is 12.0. The van der Waals surface area contributed by atoms with Crippen molar-refractivity contribution in [2.24, 2.45) is 0 Å². The maximum absolute atomic E-state index is 12.0. The third-order valence-corrected chi connectivity index (χ3v) is 4.93.